The molecular formula is C13H18N4O. The zero-order valence-electron chi connectivity index (χ0n) is 10.5. The first-order valence-corrected chi connectivity index (χ1v) is 6.28. The summed E-state index contributed by atoms with van der Waals surface area (Å²) in [7, 11) is 0. The highest BCUT2D eigenvalue weighted by Crippen LogP contribution is 2.25. The van der Waals surface area contributed by atoms with E-state index in [-0.39, 0.29) is 5.60 Å². The Morgan fingerprint density at radius 1 is 1.56 bits per heavy atom. The molecule has 96 valence electrons. The molecule has 0 spiro atoms. The Hall–Kier alpha value is -1.75. The van der Waals surface area contributed by atoms with E-state index in [1.54, 1.807) is 0 Å². The summed E-state index contributed by atoms with van der Waals surface area (Å²) in [5.74, 6) is 0.771. The fraction of sp³-hybridized carbons (Fsp3) is 0.462. The van der Waals surface area contributed by atoms with Crippen LogP contribution in [-0.4, -0.2) is 28.7 Å². The Morgan fingerprint density at radius 2 is 2.44 bits per heavy atom. The molecule has 2 aromatic rings. The van der Waals surface area contributed by atoms with Crippen molar-refractivity contribution in [2.24, 2.45) is 0 Å². The van der Waals surface area contributed by atoms with Crippen LogP contribution in [0.4, 0.5) is 11.6 Å². The number of nitrogens with one attached hydrogen (secondary N) is 2. The lowest BCUT2D eigenvalue weighted by atomic mass is 10.0. The highest BCUT2D eigenvalue weighted by molar-refractivity contribution is 5.80. The molecule has 1 saturated heterocycles. The number of anilines is 2. The summed E-state index contributed by atoms with van der Waals surface area (Å²) in [6.45, 7) is 3.75. The summed E-state index contributed by atoms with van der Waals surface area (Å²) in [6.07, 6.45) is 2.22. The molecule has 3 rings (SSSR count). The second kappa shape index (κ2) is 4.17. The van der Waals surface area contributed by atoms with E-state index in [4.69, 9.17) is 10.5 Å². The lowest BCUT2D eigenvalue weighted by Gasteiger charge is -2.22. The van der Waals surface area contributed by atoms with Gasteiger partial charge in [0.2, 0.25) is 5.95 Å². The van der Waals surface area contributed by atoms with Gasteiger partial charge in [-0.05, 0) is 38.0 Å². The van der Waals surface area contributed by atoms with E-state index in [2.05, 4.69) is 22.2 Å². The fourth-order valence-electron chi connectivity index (χ4n) is 2.36. The standard InChI is InChI=1S/C13H18N4O/c1-13(5-2-6-18-13)8-15-12-16-10-4-3-9(14)7-11(10)17-12/h3-4,7H,2,5-6,8,14H2,1H3,(H2,15,16,17). The average Bonchev–Trinajstić information content (AvgIpc) is 2.93. The predicted octanol–water partition coefficient (Wildman–Crippen LogP) is 2.13. The van der Waals surface area contributed by atoms with E-state index in [9.17, 15) is 0 Å². The first kappa shape index (κ1) is 11.3. The third-order valence-electron chi connectivity index (χ3n) is 3.44. The van der Waals surface area contributed by atoms with Gasteiger partial charge < -0.3 is 20.8 Å². The summed E-state index contributed by atoms with van der Waals surface area (Å²) in [5, 5.41) is 3.30. The van der Waals surface area contributed by atoms with Crippen molar-refractivity contribution in [1.82, 2.24) is 9.97 Å². The van der Waals surface area contributed by atoms with Crippen molar-refractivity contribution in [1.29, 1.82) is 0 Å². The minimum Gasteiger partial charge on any atom is -0.399 e. The van der Waals surface area contributed by atoms with Gasteiger partial charge in [0.1, 0.15) is 0 Å². The molecule has 0 bridgehead atoms. The number of nitrogens with zero attached hydrogens (tertiary/aromatic N) is 1. The zero-order chi connectivity index (χ0) is 12.6. The molecule has 0 amide bonds. The van der Waals surface area contributed by atoms with Crippen LogP contribution in [0.15, 0.2) is 18.2 Å². The molecule has 1 aromatic heterocycles. The molecule has 0 aliphatic carbocycles. The second-order valence-electron chi connectivity index (χ2n) is 5.12. The maximum Gasteiger partial charge on any atom is 0.201 e. The van der Waals surface area contributed by atoms with Crippen LogP contribution in [0.1, 0.15) is 19.8 Å². The molecule has 1 aliphatic heterocycles. The Morgan fingerprint density at radius 3 is 3.22 bits per heavy atom. The first-order chi connectivity index (χ1) is 8.65. The van der Waals surface area contributed by atoms with Crippen LogP contribution in [0, 0.1) is 0 Å². The van der Waals surface area contributed by atoms with Crippen molar-refractivity contribution < 1.29 is 4.74 Å². The quantitative estimate of drug-likeness (QED) is 0.725. The lowest BCUT2D eigenvalue weighted by molar-refractivity contribution is 0.0314. The average molecular weight is 246 g/mol. The van der Waals surface area contributed by atoms with Crippen molar-refractivity contribution in [3.05, 3.63) is 18.2 Å². The monoisotopic (exact) mass is 246 g/mol. The van der Waals surface area contributed by atoms with Gasteiger partial charge in [0.15, 0.2) is 0 Å². The third-order valence-corrected chi connectivity index (χ3v) is 3.44. The maximum atomic E-state index is 5.74. The number of ether oxygens (including phenoxy) is 1. The molecule has 1 atom stereocenters. The van der Waals surface area contributed by atoms with Crippen LogP contribution in [0.5, 0.6) is 0 Å². The van der Waals surface area contributed by atoms with Gasteiger partial charge in [0, 0.05) is 18.8 Å². The van der Waals surface area contributed by atoms with Gasteiger partial charge in [-0.2, -0.15) is 0 Å². The molecule has 2 heterocycles. The number of H-pyrrole nitrogens is 1. The molecule has 1 unspecified atom stereocenters. The number of nitrogens with two attached hydrogens (primary N) is 1. The highest BCUT2D eigenvalue weighted by atomic mass is 16.5. The molecule has 5 nitrogen and oxygen atoms in total. The number of hydrogen-bond acceptors (Lipinski definition) is 4. The van der Waals surface area contributed by atoms with Crippen LogP contribution in [-0.2, 0) is 4.74 Å². The van der Waals surface area contributed by atoms with Crippen molar-refractivity contribution in [2.75, 3.05) is 24.2 Å². The largest absolute Gasteiger partial charge is 0.399 e. The van der Waals surface area contributed by atoms with Crippen molar-refractivity contribution in [3.63, 3.8) is 0 Å². The minimum absolute atomic E-state index is 0.0714. The first-order valence-electron chi connectivity index (χ1n) is 6.28. The van der Waals surface area contributed by atoms with Crippen LogP contribution in [0.3, 0.4) is 0 Å². The fourth-order valence-corrected chi connectivity index (χ4v) is 2.36. The number of nitrogen functional groups attached to an aromatic ring is 1. The van der Waals surface area contributed by atoms with E-state index in [1.165, 1.54) is 0 Å². The molecule has 18 heavy (non-hydrogen) atoms. The number of aromatic nitrogens is 2. The smallest absolute Gasteiger partial charge is 0.201 e. The molecule has 0 saturated carbocycles. The Bertz CT molecular complexity index is 557. The number of imidazole rings is 1. The molecule has 4 N–H and O–H groups in total. The van der Waals surface area contributed by atoms with Gasteiger partial charge >= 0.3 is 0 Å². The molecule has 0 radical (unpaired) electrons. The lowest BCUT2D eigenvalue weighted by Crippen LogP contribution is -2.32. The Labute approximate surface area is 106 Å². The van der Waals surface area contributed by atoms with Gasteiger partial charge in [-0.15, -0.1) is 0 Å². The van der Waals surface area contributed by atoms with E-state index >= 15 is 0 Å². The third kappa shape index (κ3) is 2.13. The van der Waals surface area contributed by atoms with Crippen LogP contribution < -0.4 is 11.1 Å². The molecule has 5 heteroatoms. The van der Waals surface area contributed by atoms with Crippen molar-refractivity contribution >= 4 is 22.7 Å². The van der Waals surface area contributed by atoms with Gasteiger partial charge in [-0.25, -0.2) is 4.98 Å². The van der Waals surface area contributed by atoms with E-state index in [0.29, 0.717) is 0 Å². The van der Waals surface area contributed by atoms with E-state index < -0.39 is 0 Å². The summed E-state index contributed by atoms with van der Waals surface area (Å²) >= 11 is 0. The minimum atomic E-state index is -0.0714. The molecule has 1 aromatic carbocycles. The summed E-state index contributed by atoms with van der Waals surface area (Å²) in [4.78, 5) is 7.69. The number of hydrogen-bond donors (Lipinski definition) is 3. The molecular weight excluding hydrogens is 228 g/mol. The number of fused-ring (bicyclic) bond motifs is 1. The number of rotatable bonds is 3. The summed E-state index contributed by atoms with van der Waals surface area (Å²) in [5.41, 5.74) is 8.28. The zero-order valence-corrected chi connectivity index (χ0v) is 10.5. The summed E-state index contributed by atoms with van der Waals surface area (Å²) < 4.78 is 5.73. The maximum absolute atomic E-state index is 5.74. The normalized spacial score (nSPS) is 23.6. The Kier molecular flexibility index (Phi) is 2.63. The van der Waals surface area contributed by atoms with Crippen molar-refractivity contribution in [2.45, 2.75) is 25.4 Å². The van der Waals surface area contributed by atoms with Crippen LogP contribution in [0.25, 0.3) is 11.0 Å². The van der Waals surface area contributed by atoms with Crippen LogP contribution in [0.2, 0.25) is 0 Å². The predicted molar refractivity (Wildman–Crippen MR) is 72.6 cm³/mol. The SMILES string of the molecule is CC1(CNc2nc3ccc(N)cc3[nH]2)CCCO1. The molecule has 1 fully saturated rings. The van der Waals surface area contributed by atoms with Gasteiger partial charge in [0.05, 0.1) is 16.6 Å². The second-order valence-corrected chi connectivity index (χ2v) is 5.12. The number of aromatic amines is 1. The van der Waals surface area contributed by atoms with Crippen LogP contribution >= 0.6 is 0 Å². The Balaban J connectivity index is 1.74. The summed E-state index contributed by atoms with van der Waals surface area (Å²) in [6, 6.07) is 5.66. The van der Waals surface area contributed by atoms with Gasteiger partial charge in [-0.3, -0.25) is 0 Å². The van der Waals surface area contributed by atoms with Crippen molar-refractivity contribution in [3.8, 4) is 0 Å². The topological polar surface area (TPSA) is 76.0 Å². The highest BCUT2D eigenvalue weighted by Gasteiger charge is 2.29. The number of benzene rings is 1. The van der Waals surface area contributed by atoms with E-state index in [1.807, 2.05) is 18.2 Å². The molecule has 1 aliphatic rings. The van der Waals surface area contributed by atoms with E-state index in [0.717, 1.165) is 48.7 Å². The van der Waals surface area contributed by atoms with Gasteiger partial charge in [-0.1, -0.05) is 0 Å². The van der Waals surface area contributed by atoms with Gasteiger partial charge in [0.25, 0.3) is 0 Å².